The van der Waals surface area contributed by atoms with E-state index in [1.165, 1.54) is 6.26 Å². The summed E-state index contributed by atoms with van der Waals surface area (Å²) in [5.74, 6) is 0.983. The van der Waals surface area contributed by atoms with Crippen LogP contribution in [0.2, 0.25) is 0 Å². The van der Waals surface area contributed by atoms with Crippen molar-refractivity contribution in [1.82, 2.24) is 14.9 Å². The van der Waals surface area contributed by atoms with E-state index < -0.39 is 9.84 Å². The molecule has 9 nitrogen and oxygen atoms in total. The highest BCUT2D eigenvalue weighted by atomic mass is 32.2. The first-order chi connectivity index (χ1) is 15.2. The number of nitrogens with one attached hydrogen (secondary N) is 1. The lowest BCUT2D eigenvalue weighted by molar-refractivity contribution is 0.0985. The predicted molar refractivity (Wildman–Crippen MR) is 123 cm³/mol. The summed E-state index contributed by atoms with van der Waals surface area (Å²) in [7, 11) is -1.45. The second kappa shape index (κ2) is 9.03. The van der Waals surface area contributed by atoms with Gasteiger partial charge in [-0.1, -0.05) is 0 Å². The molecule has 2 heterocycles. The molecule has 0 radical (unpaired) electrons. The van der Waals surface area contributed by atoms with Crippen LogP contribution in [0.15, 0.2) is 30.3 Å². The molecule has 1 atom stereocenters. The van der Waals surface area contributed by atoms with Crippen molar-refractivity contribution in [3.63, 3.8) is 0 Å². The van der Waals surface area contributed by atoms with Crippen LogP contribution in [0, 0.1) is 0 Å². The van der Waals surface area contributed by atoms with Gasteiger partial charge in [0, 0.05) is 43.2 Å². The number of aromatic nitrogens is 2. The summed E-state index contributed by atoms with van der Waals surface area (Å²) in [4.78, 5) is 25.4. The number of nitrogens with zero attached hydrogens (tertiary/aromatic N) is 4. The van der Waals surface area contributed by atoms with E-state index in [-0.39, 0.29) is 17.8 Å². The third-order valence-electron chi connectivity index (χ3n) is 5.65. The van der Waals surface area contributed by atoms with Crippen molar-refractivity contribution in [3.8, 4) is 11.4 Å². The van der Waals surface area contributed by atoms with Gasteiger partial charge in [0.25, 0.3) is 0 Å². The van der Waals surface area contributed by atoms with Crippen molar-refractivity contribution in [1.29, 1.82) is 0 Å². The Kier molecular flexibility index (Phi) is 6.34. The standard InChI is InChI=1S/C22H29N5O4S/c1-15-13-31-11-10-27(15)20-12-18(14-32(3,29)30)23-21(25-20)16-4-6-17(7-5-16)24-22(28)26(2)19-8-9-19/h4-7,12,15,19H,8-11,13-14H2,1-3H3,(H,24,28)/t15-/m0/s1. The van der Waals surface area contributed by atoms with Gasteiger partial charge in [-0.2, -0.15) is 0 Å². The number of rotatable bonds is 6. The number of sulfone groups is 1. The highest BCUT2D eigenvalue weighted by Crippen LogP contribution is 2.27. The van der Waals surface area contributed by atoms with E-state index in [0.717, 1.165) is 18.4 Å². The van der Waals surface area contributed by atoms with Crippen LogP contribution >= 0.6 is 0 Å². The average Bonchev–Trinajstić information content (AvgIpc) is 3.58. The molecule has 32 heavy (non-hydrogen) atoms. The molecule has 2 aliphatic rings. The summed E-state index contributed by atoms with van der Waals surface area (Å²) in [6.45, 7) is 3.90. The Balaban J connectivity index is 1.60. The second-order valence-electron chi connectivity index (χ2n) is 8.58. The van der Waals surface area contributed by atoms with Crippen LogP contribution in [-0.2, 0) is 20.3 Å². The Hall–Kier alpha value is -2.72. The summed E-state index contributed by atoms with van der Waals surface area (Å²) in [6.07, 6.45) is 3.30. The molecule has 1 aliphatic carbocycles. The van der Waals surface area contributed by atoms with Gasteiger partial charge in [0.1, 0.15) is 5.82 Å². The minimum atomic E-state index is -3.25. The number of hydrogen-bond acceptors (Lipinski definition) is 7. The summed E-state index contributed by atoms with van der Waals surface area (Å²) >= 11 is 0. The fourth-order valence-electron chi connectivity index (χ4n) is 3.71. The zero-order valence-corrected chi connectivity index (χ0v) is 19.4. The number of urea groups is 1. The number of morpholine rings is 1. The summed E-state index contributed by atoms with van der Waals surface area (Å²) in [6, 6.07) is 9.34. The van der Waals surface area contributed by atoms with Gasteiger partial charge in [-0.15, -0.1) is 0 Å². The molecule has 0 spiro atoms. The monoisotopic (exact) mass is 459 g/mol. The zero-order valence-electron chi connectivity index (χ0n) is 18.6. The molecule has 2 aromatic rings. The van der Waals surface area contributed by atoms with Crippen LogP contribution in [0.1, 0.15) is 25.5 Å². The van der Waals surface area contributed by atoms with Crippen LogP contribution in [0.5, 0.6) is 0 Å². The Labute approximate surface area is 188 Å². The van der Waals surface area contributed by atoms with Crippen LogP contribution in [-0.4, -0.2) is 74.5 Å². The van der Waals surface area contributed by atoms with Gasteiger partial charge in [-0.3, -0.25) is 0 Å². The maximum atomic E-state index is 12.3. The SMILES string of the molecule is C[C@H]1COCCN1c1cc(CS(C)(=O)=O)nc(-c2ccc(NC(=O)N(C)C3CC3)cc2)n1. The van der Waals surface area contributed by atoms with Crippen LogP contribution in [0.25, 0.3) is 11.4 Å². The van der Waals surface area contributed by atoms with Gasteiger partial charge < -0.3 is 19.9 Å². The van der Waals surface area contributed by atoms with Gasteiger partial charge in [0.15, 0.2) is 15.7 Å². The van der Waals surface area contributed by atoms with Crippen molar-refractivity contribution in [2.75, 3.05) is 43.3 Å². The first-order valence-electron chi connectivity index (χ1n) is 10.7. The normalized spacial score (nSPS) is 19.0. The van der Waals surface area contributed by atoms with E-state index >= 15 is 0 Å². The summed E-state index contributed by atoms with van der Waals surface area (Å²) in [5, 5.41) is 2.90. The molecule has 0 bridgehead atoms. The third kappa shape index (κ3) is 5.55. The average molecular weight is 460 g/mol. The molecule has 1 saturated carbocycles. The van der Waals surface area contributed by atoms with Gasteiger partial charge in [0.2, 0.25) is 0 Å². The highest BCUT2D eigenvalue weighted by molar-refractivity contribution is 7.89. The highest BCUT2D eigenvalue weighted by Gasteiger charge is 2.29. The molecule has 172 valence electrons. The molecule has 1 aromatic carbocycles. The molecule has 10 heteroatoms. The van der Waals surface area contributed by atoms with Crippen LogP contribution in [0.3, 0.4) is 0 Å². The molecule has 4 rings (SSSR count). The Morgan fingerprint density at radius 2 is 1.97 bits per heavy atom. The Morgan fingerprint density at radius 1 is 1.25 bits per heavy atom. The maximum Gasteiger partial charge on any atom is 0.321 e. The number of anilines is 2. The van der Waals surface area contributed by atoms with Gasteiger partial charge >= 0.3 is 6.03 Å². The lowest BCUT2D eigenvalue weighted by Crippen LogP contribution is -2.44. The molecule has 1 aromatic heterocycles. The topological polar surface area (TPSA) is 105 Å². The number of carbonyl (C=O) groups excluding carboxylic acids is 1. The molecule has 2 amide bonds. The van der Waals surface area contributed by atoms with Crippen molar-refractivity contribution in [2.45, 2.75) is 37.6 Å². The third-order valence-corrected chi connectivity index (χ3v) is 6.47. The van der Waals surface area contributed by atoms with E-state index in [0.29, 0.717) is 48.8 Å². The van der Waals surface area contributed by atoms with Gasteiger partial charge in [-0.05, 0) is 44.0 Å². The number of carbonyl (C=O) groups is 1. The fourth-order valence-corrected chi connectivity index (χ4v) is 4.40. The summed E-state index contributed by atoms with van der Waals surface area (Å²) in [5.41, 5.74) is 1.88. The molecule has 2 fully saturated rings. The minimum Gasteiger partial charge on any atom is -0.377 e. The van der Waals surface area contributed by atoms with Crippen LogP contribution in [0.4, 0.5) is 16.3 Å². The second-order valence-corrected chi connectivity index (χ2v) is 10.7. The minimum absolute atomic E-state index is 0.124. The Morgan fingerprint density at radius 3 is 2.59 bits per heavy atom. The number of benzene rings is 1. The number of amides is 2. The smallest absolute Gasteiger partial charge is 0.321 e. The van der Waals surface area contributed by atoms with E-state index in [9.17, 15) is 13.2 Å². The lowest BCUT2D eigenvalue weighted by Gasteiger charge is -2.34. The number of hydrogen-bond donors (Lipinski definition) is 1. The fraction of sp³-hybridized carbons (Fsp3) is 0.500. The molecule has 0 unspecified atom stereocenters. The maximum absolute atomic E-state index is 12.3. The van der Waals surface area contributed by atoms with Gasteiger partial charge in [0.05, 0.1) is 30.7 Å². The van der Waals surface area contributed by atoms with Crippen molar-refractivity contribution in [2.24, 2.45) is 0 Å². The van der Waals surface area contributed by atoms with E-state index in [1.807, 2.05) is 19.1 Å². The van der Waals surface area contributed by atoms with E-state index in [1.54, 1.807) is 30.1 Å². The Bertz CT molecular complexity index is 1090. The molecular weight excluding hydrogens is 430 g/mol. The molecule has 1 N–H and O–H groups in total. The molecule has 1 saturated heterocycles. The predicted octanol–water partition coefficient (Wildman–Crippen LogP) is 2.54. The van der Waals surface area contributed by atoms with Crippen molar-refractivity contribution < 1.29 is 17.9 Å². The largest absolute Gasteiger partial charge is 0.377 e. The molecular formula is C22H29N5O4S. The lowest BCUT2D eigenvalue weighted by atomic mass is 10.2. The zero-order chi connectivity index (χ0) is 22.9. The quantitative estimate of drug-likeness (QED) is 0.708. The van der Waals surface area contributed by atoms with Crippen LogP contribution < -0.4 is 10.2 Å². The van der Waals surface area contributed by atoms with Crippen molar-refractivity contribution >= 4 is 27.4 Å². The van der Waals surface area contributed by atoms with E-state index in [4.69, 9.17) is 9.72 Å². The summed E-state index contributed by atoms with van der Waals surface area (Å²) < 4.78 is 29.4. The first kappa shape index (κ1) is 22.5. The van der Waals surface area contributed by atoms with E-state index in [2.05, 4.69) is 15.2 Å². The molecule has 1 aliphatic heterocycles. The number of ether oxygens (including phenoxy) is 1. The first-order valence-corrected chi connectivity index (χ1v) is 12.8. The van der Waals surface area contributed by atoms with Crippen molar-refractivity contribution in [3.05, 3.63) is 36.0 Å². The van der Waals surface area contributed by atoms with Gasteiger partial charge in [-0.25, -0.2) is 23.2 Å².